The second kappa shape index (κ2) is 6.99. The zero-order chi connectivity index (χ0) is 16.1. The lowest BCUT2D eigenvalue weighted by Gasteiger charge is -2.22. The van der Waals surface area contributed by atoms with Crippen molar-refractivity contribution in [1.29, 1.82) is 0 Å². The summed E-state index contributed by atoms with van der Waals surface area (Å²) < 4.78 is 0. The maximum atomic E-state index is 8.31. The number of benzene rings is 2. The van der Waals surface area contributed by atoms with Gasteiger partial charge in [0.15, 0.2) is 0 Å². The molecule has 0 fully saturated rings. The summed E-state index contributed by atoms with van der Waals surface area (Å²) >= 11 is 0. The average Bonchev–Trinajstić information content (AvgIpc) is 2.59. The Hall–Kier alpha value is -2.78. The van der Waals surface area contributed by atoms with Crippen LogP contribution in [0.25, 0.3) is 10.4 Å². The molecule has 1 aliphatic rings. The zero-order valence-electron chi connectivity index (χ0n) is 12.9. The fourth-order valence-corrected chi connectivity index (χ4v) is 2.99. The van der Waals surface area contributed by atoms with Crippen LogP contribution in [-0.4, -0.2) is 12.4 Å². The minimum atomic E-state index is 0.0713. The molecular formula is C18H19N5. The monoisotopic (exact) mass is 305 g/mol. The van der Waals surface area contributed by atoms with Gasteiger partial charge in [-0.1, -0.05) is 53.6 Å². The Morgan fingerprint density at radius 1 is 1.22 bits per heavy atom. The molecule has 2 aromatic carbocycles. The summed E-state index contributed by atoms with van der Waals surface area (Å²) in [5.74, 6) is 0.616. The van der Waals surface area contributed by atoms with Gasteiger partial charge in [0.1, 0.15) is 5.84 Å². The SMILES string of the molecule is [N-]=[N+]=NCCCc1cccc(C2Cc3ccccc3C(N)=N2)c1. The van der Waals surface area contributed by atoms with Gasteiger partial charge in [-0.2, -0.15) is 0 Å². The van der Waals surface area contributed by atoms with Gasteiger partial charge in [-0.25, -0.2) is 0 Å². The fraction of sp³-hybridized carbons (Fsp3) is 0.278. The van der Waals surface area contributed by atoms with Gasteiger partial charge in [0.25, 0.3) is 0 Å². The van der Waals surface area contributed by atoms with E-state index >= 15 is 0 Å². The second-order valence-corrected chi connectivity index (χ2v) is 5.69. The molecular weight excluding hydrogens is 286 g/mol. The topological polar surface area (TPSA) is 87.1 Å². The molecule has 1 aliphatic heterocycles. The standard InChI is InChI=1S/C18H19N5/c19-18-16-9-2-1-7-14(16)12-17(22-18)15-8-3-5-13(11-15)6-4-10-21-23-20/h1-3,5,7-9,11,17H,4,6,10,12H2,(H2,19,22). The molecule has 0 amide bonds. The quantitative estimate of drug-likeness (QED) is 0.386. The van der Waals surface area contributed by atoms with E-state index in [-0.39, 0.29) is 6.04 Å². The van der Waals surface area contributed by atoms with E-state index in [1.165, 1.54) is 16.7 Å². The van der Waals surface area contributed by atoms with Crippen molar-refractivity contribution < 1.29 is 0 Å². The van der Waals surface area contributed by atoms with Gasteiger partial charge >= 0.3 is 0 Å². The Labute approximate surface area is 135 Å². The van der Waals surface area contributed by atoms with Crippen LogP contribution in [0.1, 0.15) is 34.7 Å². The van der Waals surface area contributed by atoms with Crippen LogP contribution in [0.15, 0.2) is 58.6 Å². The number of hydrogen-bond acceptors (Lipinski definition) is 3. The summed E-state index contributed by atoms with van der Waals surface area (Å²) in [7, 11) is 0. The maximum absolute atomic E-state index is 8.31. The first-order valence-corrected chi connectivity index (χ1v) is 7.79. The highest BCUT2D eigenvalue weighted by Crippen LogP contribution is 2.29. The van der Waals surface area contributed by atoms with Gasteiger partial charge in [-0.05, 0) is 41.5 Å². The Morgan fingerprint density at radius 3 is 2.96 bits per heavy atom. The number of nitrogens with two attached hydrogens (primary N) is 1. The highest BCUT2D eigenvalue weighted by Gasteiger charge is 2.20. The molecule has 0 bridgehead atoms. The van der Waals surface area contributed by atoms with E-state index < -0.39 is 0 Å². The van der Waals surface area contributed by atoms with E-state index in [9.17, 15) is 0 Å². The van der Waals surface area contributed by atoms with E-state index in [1.807, 2.05) is 18.2 Å². The number of amidine groups is 1. The number of aryl methyl sites for hydroxylation is 1. The third-order valence-electron chi connectivity index (χ3n) is 4.12. The lowest BCUT2D eigenvalue weighted by Crippen LogP contribution is -2.22. The first-order valence-electron chi connectivity index (χ1n) is 7.79. The smallest absolute Gasteiger partial charge is 0.126 e. The van der Waals surface area contributed by atoms with Crippen LogP contribution in [0.5, 0.6) is 0 Å². The Kier molecular flexibility index (Phi) is 4.60. The molecule has 1 unspecified atom stereocenters. The van der Waals surface area contributed by atoms with Crippen molar-refractivity contribution >= 4 is 5.84 Å². The normalized spacial score (nSPS) is 16.2. The van der Waals surface area contributed by atoms with Crippen molar-refractivity contribution in [2.45, 2.75) is 25.3 Å². The van der Waals surface area contributed by atoms with Crippen molar-refractivity contribution in [1.82, 2.24) is 0 Å². The molecule has 5 heteroatoms. The Morgan fingerprint density at radius 2 is 2.09 bits per heavy atom. The van der Waals surface area contributed by atoms with Gasteiger partial charge in [-0.3, -0.25) is 4.99 Å². The lowest BCUT2D eigenvalue weighted by atomic mass is 9.91. The number of aliphatic imine (C=N–C) groups is 1. The minimum Gasteiger partial charge on any atom is -0.383 e. The number of azide groups is 1. The van der Waals surface area contributed by atoms with Crippen molar-refractivity contribution in [3.05, 3.63) is 81.2 Å². The van der Waals surface area contributed by atoms with Crippen molar-refractivity contribution in [3.8, 4) is 0 Å². The molecule has 0 saturated carbocycles. The summed E-state index contributed by atoms with van der Waals surface area (Å²) in [5, 5.41) is 3.58. The van der Waals surface area contributed by atoms with Gasteiger partial charge < -0.3 is 5.73 Å². The Bertz CT molecular complexity index is 774. The first kappa shape index (κ1) is 15.1. The second-order valence-electron chi connectivity index (χ2n) is 5.69. The summed E-state index contributed by atoms with van der Waals surface area (Å²) in [6.07, 6.45) is 2.63. The average molecular weight is 305 g/mol. The van der Waals surface area contributed by atoms with Gasteiger partial charge in [-0.15, -0.1) is 0 Å². The predicted octanol–water partition coefficient (Wildman–Crippen LogP) is 3.93. The van der Waals surface area contributed by atoms with Crippen LogP contribution >= 0.6 is 0 Å². The van der Waals surface area contributed by atoms with Gasteiger partial charge in [0.2, 0.25) is 0 Å². The maximum Gasteiger partial charge on any atom is 0.126 e. The highest BCUT2D eigenvalue weighted by atomic mass is 15.1. The molecule has 23 heavy (non-hydrogen) atoms. The van der Waals surface area contributed by atoms with Gasteiger partial charge in [0.05, 0.1) is 6.04 Å². The van der Waals surface area contributed by atoms with Crippen molar-refractivity contribution in [2.75, 3.05) is 6.54 Å². The van der Waals surface area contributed by atoms with Crippen LogP contribution < -0.4 is 5.73 Å². The minimum absolute atomic E-state index is 0.0713. The molecule has 0 aromatic heterocycles. The molecule has 0 radical (unpaired) electrons. The predicted molar refractivity (Wildman–Crippen MR) is 92.4 cm³/mol. The van der Waals surface area contributed by atoms with Gasteiger partial charge in [0, 0.05) is 17.0 Å². The number of fused-ring (bicyclic) bond motifs is 1. The summed E-state index contributed by atoms with van der Waals surface area (Å²) in [4.78, 5) is 7.45. The van der Waals surface area contributed by atoms with Crippen LogP contribution in [0.3, 0.4) is 0 Å². The summed E-state index contributed by atoms with van der Waals surface area (Å²) in [6, 6.07) is 16.7. The number of rotatable bonds is 5. The third-order valence-corrected chi connectivity index (χ3v) is 4.12. The highest BCUT2D eigenvalue weighted by molar-refractivity contribution is 5.99. The number of nitrogens with zero attached hydrogens (tertiary/aromatic N) is 4. The molecule has 116 valence electrons. The Balaban J connectivity index is 1.78. The van der Waals surface area contributed by atoms with Crippen LogP contribution in [0.2, 0.25) is 0 Å². The lowest BCUT2D eigenvalue weighted by molar-refractivity contribution is 0.707. The summed E-state index contributed by atoms with van der Waals surface area (Å²) in [5.41, 5.74) is 19.2. The molecule has 1 atom stereocenters. The fourth-order valence-electron chi connectivity index (χ4n) is 2.99. The van der Waals surface area contributed by atoms with E-state index in [1.54, 1.807) is 0 Å². The first-order chi connectivity index (χ1) is 11.3. The van der Waals surface area contributed by atoms with Crippen LogP contribution in [0, 0.1) is 0 Å². The number of hydrogen-bond donors (Lipinski definition) is 1. The molecule has 1 heterocycles. The third kappa shape index (κ3) is 3.52. The van der Waals surface area contributed by atoms with Crippen molar-refractivity contribution in [2.24, 2.45) is 15.8 Å². The van der Waals surface area contributed by atoms with E-state index in [2.05, 4.69) is 45.4 Å². The molecule has 0 spiro atoms. The van der Waals surface area contributed by atoms with Crippen molar-refractivity contribution in [3.63, 3.8) is 0 Å². The molecule has 0 aliphatic carbocycles. The molecule has 2 aromatic rings. The zero-order valence-corrected chi connectivity index (χ0v) is 12.9. The molecule has 0 saturated heterocycles. The summed E-state index contributed by atoms with van der Waals surface area (Å²) in [6.45, 7) is 0.530. The molecule has 5 nitrogen and oxygen atoms in total. The van der Waals surface area contributed by atoms with E-state index in [4.69, 9.17) is 11.3 Å². The largest absolute Gasteiger partial charge is 0.383 e. The molecule has 2 N–H and O–H groups in total. The van der Waals surface area contributed by atoms with Crippen LogP contribution in [-0.2, 0) is 12.8 Å². The van der Waals surface area contributed by atoms with Crippen LogP contribution in [0.4, 0.5) is 0 Å². The van der Waals surface area contributed by atoms with E-state index in [0.29, 0.717) is 12.4 Å². The molecule has 3 rings (SSSR count). The van der Waals surface area contributed by atoms with E-state index in [0.717, 1.165) is 24.8 Å².